The number of esters is 1. The fraction of sp³-hybridized carbons (Fsp3) is 0.432. The van der Waals surface area contributed by atoms with Crippen molar-refractivity contribution in [2.24, 2.45) is 17.3 Å². The summed E-state index contributed by atoms with van der Waals surface area (Å²) in [6.45, 7) is 0.264. The van der Waals surface area contributed by atoms with Gasteiger partial charge in [0.15, 0.2) is 20.8 Å². The molecule has 4 bridgehead atoms. The summed E-state index contributed by atoms with van der Waals surface area (Å²) in [6.07, 6.45) is 2.02. The smallest absolute Gasteiger partial charge is 0.461 e. The quantitative estimate of drug-likeness (QED) is 0.127. The van der Waals surface area contributed by atoms with Crippen molar-refractivity contribution in [1.82, 2.24) is 0 Å². The van der Waals surface area contributed by atoms with Crippen molar-refractivity contribution >= 4 is 29.2 Å². The largest absolute Gasteiger partial charge is 0.508 e. The number of cyclic esters (lactones) is 2. The normalized spacial score (nSPS) is 26.9. The topological polar surface area (TPSA) is 97.4 Å². The van der Waals surface area contributed by atoms with Crippen molar-refractivity contribution in [2.75, 3.05) is 19.8 Å². The van der Waals surface area contributed by atoms with Crippen molar-refractivity contribution in [1.29, 1.82) is 0 Å². The summed E-state index contributed by atoms with van der Waals surface area (Å²) >= 11 is 0. The molecule has 8 rings (SSSR count). The number of hydrogen-bond acceptors (Lipinski definition) is 8. The molecule has 5 aliphatic rings. The number of rotatable bonds is 9. The zero-order chi connectivity index (χ0) is 33.8. The molecule has 3 aromatic rings. The average Bonchev–Trinajstić information content (AvgIpc) is 3.48. The van der Waals surface area contributed by atoms with Crippen LogP contribution < -0.4 is 0 Å². The number of hydrogen-bond donors (Lipinski definition) is 0. The number of alkyl halides is 2. The Balaban J connectivity index is 0.000000182. The van der Waals surface area contributed by atoms with Gasteiger partial charge >= 0.3 is 24.2 Å². The second-order valence-corrected chi connectivity index (χ2v) is 15.3. The molecule has 3 aromatic carbocycles. The van der Waals surface area contributed by atoms with Gasteiger partial charge in [0.1, 0.15) is 18.8 Å². The van der Waals surface area contributed by atoms with Crippen LogP contribution in [0.15, 0.2) is 106 Å². The Morgan fingerprint density at radius 2 is 1.35 bits per heavy atom. The summed E-state index contributed by atoms with van der Waals surface area (Å²) in [5.41, 5.74) is -1.20. The summed E-state index contributed by atoms with van der Waals surface area (Å²) < 4.78 is 51.5. The monoisotopic (exact) mass is 681 g/mol. The first-order chi connectivity index (χ1) is 23.0. The molecule has 1 saturated heterocycles. The Morgan fingerprint density at radius 3 is 1.81 bits per heavy atom. The zero-order valence-electron chi connectivity index (χ0n) is 26.7. The fourth-order valence-corrected chi connectivity index (χ4v) is 10.00. The predicted molar refractivity (Wildman–Crippen MR) is 172 cm³/mol. The molecule has 11 heteroatoms. The molecule has 4 saturated carbocycles. The van der Waals surface area contributed by atoms with Gasteiger partial charge < -0.3 is 23.7 Å². The van der Waals surface area contributed by atoms with Gasteiger partial charge in [0.25, 0.3) is 0 Å². The Labute approximate surface area is 281 Å². The number of ether oxygens (including phenoxy) is 5. The lowest BCUT2D eigenvalue weighted by atomic mass is 9.48. The van der Waals surface area contributed by atoms with Gasteiger partial charge in [-0.05, 0) is 86.8 Å². The molecule has 4 aliphatic carbocycles. The number of carbonyl (C=O) groups is 3. The molecule has 0 radical (unpaired) electrons. The van der Waals surface area contributed by atoms with E-state index in [0.717, 1.165) is 19.3 Å². The third kappa shape index (κ3) is 8.11. The average molecular weight is 682 g/mol. The molecule has 8 nitrogen and oxygen atoms in total. The molecule has 254 valence electrons. The number of benzene rings is 3. The minimum Gasteiger partial charge on any atom is -0.461 e. The van der Waals surface area contributed by atoms with Gasteiger partial charge in [-0.25, -0.2) is 14.4 Å². The van der Waals surface area contributed by atoms with Gasteiger partial charge in [-0.3, -0.25) is 0 Å². The summed E-state index contributed by atoms with van der Waals surface area (Å²) in [5.74, 6) is -4.49. The molecule has 0 N–H and O–H groups in total. The first-order valence-corrected chi connectivity index (χ1v) is 17.4. The van der Waals surface area contributed by atoms with Crippen LogP contribution in [0.4, 0.5) is 18.4 Å². The van der Waals surface area contributed by atoms with Gasteiger partial charge in [-0.1, -0.05) is 54.6 Å². The highest BCUT2D eigenvalue weighted by molar-refractivity contribution is 7.97. The van der Waals surface area contributed by atoms with Crippen molar-refractivity contribution in [3.05, 3.63) is 91.0 Å². The van der Waals surface area contributed by atoms with Crippen LogP contribution in [0.2, 0.25) is 0 Å². The van der Waals surface area contributed by atoms with Crippen LogP contribution in [0.25, 0.3) is 0 Å². The van der Waals surface area contributed by atoms with Crippen LogP contribution >= 0.6 is 0 Å². The summed E-state index contributed by atoms with van der Waals surface area (Å²) in [7, 11) is -0.0146. The maximum atomic E-state index is 13.2. The van der Waals surface area contributed by atoms with Crippen molar-refractivity contribution in [3.8, 4) is 0 Å². The van der Waals surface area contributed by atoms with E-state index >= 15 is 0 Å². The van der Waals surface area contributed by atoms with Crippen LogP contribution in [0.1, 0.15) is 45.4 Å². The van der Waals surface area contributed by atoms with Gasteiger partial charge in [0.2, 0.25) is 0 Å². The summed E-state index contributed by atoms with van der Waals surface area (Å²) in [6, 6.07) is 32.2. The van der Waals surface area contributed by atoms with E-state index in [4.69, 9.17) is 18.9 Å². The molecule has 3 unspecified atom stereocenters. The molecule has 5 fully saturated rings. The highest BCUT2D eigenvalue weighted by Gasteiger charge is 2.60. The molecule has 48 heavy (non-hydrogen) atoms. The molecule has 1 aliphatic heterocycles. The molecule has 0 spiro atoms. The van der Waals surface area contributed by atoms with Crippen molar-refractivity contribution in [3.63, 3.8) is 0 Å². The van der Waals surface area contributed by atoms with E-state index in [0.29, 0.717) is 26.2 Å². The highest BCUT2D eigenvalue weighted by Crippen LogP contribution is 2.63. The third-order valence-electron chi connectivity index (χ3n) is 9.27. The van der Waals surface area contributed by atoms with Crippen LogP contribution in [0.5, 0.6) is 0 Å². The van der Waals surface area contributed by atoms with Crippen LogP contribution in [0.3, 0.4) is 0 Å². The Hall–Kier alpha value is -4.12. The Bertz CT molecular complexity index is 1460. The predicted octanol–water partition coefficient (Wildman–Crippen LogP) is 7.99. The Kier molecular flexibility index (Phi) is 9.96. The number of halogens is 2. The van der Waals surface area contributed by atoms with Crippen LogP contribution in [0, 0.1) is 17.3 Å². The standard InChI is InChI=1S/C19H24F2O8.C18H15S/c1-17(20,21)14(22)27-10-18-3-11-2-12(4-18)6-19(5-11,9-18)29-16(24)26-8-13-7-25-15(23)28-13;1-4-10-16(11-5-1)19(17-12-6-2-7-13-17)18-14-8-3-9-15-18/h11-13H,2-10H2,1H3;1-15H/q;+1. The maximum Gasteiger partial charge on any atom is 0.508 e. The van der Waals surface area contributed by atoms with Crippen LogP contribution in [-0.2, 0) is 39.4 Å². The Morgan fingerprint density at radius 1 is 0.833 bits per heavy atom. The van der Waals surface area contributed by atoms with E-state index in [1.807, 2.05) is 0 Å². The maximum absolute atomic E-state index is 13.2. The van der Waals surface area contributed by atoms with Crippen molar-refractivity contribution in [2.45, 2.75) is 77.8 Å². The fourth-order valence-electron chi connectivity index (χ4n) is 7.89. The highest BCUT2D eigenvalue weighted by atomic mass is 32.2. The molecular formula is C37H39F2O8S+. The summed E-state index contributed by atoms with van der Waals surface area (Å²) in [4.78, 5) is 38.8. The van der Waals surface area contributed by atoms with Crippen LogP contribution in [-0.4, -0.2) is 55.7 Å². The second-order valence-electron chi connectivity index (χ2n) is 13.3. The van der Waals surface area contributed by atoms with E-state index in [1.165, 1.54) is 14.7 Å². The summed E-state index contributed by atoms with van der Waals surface area (Å²) in [5, 5.41) is 0. The van der Waals surface area contributed by atoms with Gasteiger partial charge in [0, 0.05) is 12.3 Å². The van der Waals surface area contributed by atoms with Crippen molar-refractivity contribution < 1.29 is 46.8 Å². The minimum atomic E-state index is -3.53. The molecule has 3 atom stereocenters. The van der Waals surface area contributed by atoms with E-state index in [2.05, 4.69) is 95.7 Å². The lowest BCUT2D eigenvalue weighted by Gasteiger charge is -2.60. The minimum absolute atomic E-state index is 0.0119. The van der Waals surface area contributed by atoms with Gasteiger partial charge in [-0.2, -0.15) is 8.78 Å². The zero-order valence-corrected chi connectivity index (χ0v) is 27.5. The van der Waals surface area contributed by atoms with E-state index in [-0.39, 0.29) is 42.6 Å². The molecule has 0 aromatic heterocycles. The van der Waals surface area contributed by atoms with Gasteiger partial charge in [-0.15, -0.1) is 0 Å². The molecule has 1 heterocycles. The third-order valence-corrected chi connectivity index (χ3v) is 11.5. The van der Waals surface area contributed by atoms with Gasteiger partial charge in [0.05, 0.1) is 17.5 Å². The lowest BCUT2D eigenvalue weighted by Crippen LogP contribution is -2.59. The van der Waals surface area contributed by atoms with E-state index in [9.17, 15) is 23.2 Å². The number of carbonyl (C=O) groups excluding carboxylic acids is 3. The van der Waals surface area contributed by atoms with E-state index < -0.39 is 41.3 Å². The van der Waals surface area contributed by atoms with E-state index in [1.54, 1.807) is 0 Å². The lowest BCUT2D eigenvalue weighted by molar-refractivity contribution is -0.201. The molecular weight excluding hydrogens is 642 g/mol. The SMILES string of the molecule is CC(F)(F)C(=O)OCC12CC3CC(C1)CC(OC(=O)OCC1COC(=O)O1)(C3)C2.c1ccc([S+](c2ccccc2)c2ccccc2)cc1. The second kappa shape index (κ2) is 14.2. The first-order valence-electron chi connectivity index (χ1n) is 16.2. The molecule has 0 amide bonds. The first kappa shape index (κ1) is 33.8.